The van der Waals surface area contributed by atoms with E-state index in [1.54, 1.807) is 0 Å². The van der Waals surface area contributed by atoms with Crippen molar-refractivity contribution < 1.29 is 0 Å². The van der Waals surface area contributed by atoms with Gasteiger partial charge in [0.1, 0.15) is 0 Å². The van der Waals surface area contributed by atoms with Gasteiger partial charge in [0, 0.05) is 4.88 Å². The van der Waals surface area contributed by atoms with Crippen LogP contribution >= 0.6 is 38.9 Å². The van der Waals surface area contributed by atoms with Gasteiger partial charge >= 0.3 is 0 Å². The Morgan fingerprint density at radius 3 is 2.11 bits per heavy atom. The second kappa shape index (κ2) is 4.23. The smallest absolute Gasteiger partial charge is 0.0735 e. The number of alkyl halides is 1. The summed E-state index contributed by atoms with van der Waals surface area (Å²) in [6, 6.07) is 4.38. The SMILES string of the molecule is ClC(c1ccc(Br)s1)C12CC3CC(CC(C3)C1)C2. The van der Waals surface area contributed by atoms with Crippen LogP contribution in [0.15, 0.2) is 15.9 Å². The summed E-state index contributed by atoms with van der Waals surface area (Å²) in [5.74, 6) is 2.96. The number of hydrogen-bond donors (Lipinski definition) is 0. The van der Waals surface area contributed by atoms with Gasteiger partial charge in [0.2, 0.25) is 0 Å². The van der Waals surface area contributed by atoms with Crippen LogP contribution in [0.3, 0.4) is 0 Å². The van der Waals surface area contributed by atoms with E-state index in [1.165, 1.54) is 47.2 Å². The maximum absolute atomic E-state index is 6.93. The Morgan fingerprint density at radius 2 is 1.67 bits per heavy atom. The van der Waals surface area contributed by atoms with Crippen LogP contribution in [0, 0.1) is 23.2 Å². The molecule has 98 valence electrons. The van der Waals surface area contributed by atoms with Crippen molar-refractivity contribution in [1.82, 2.24) is 0 Å². The Kier molecular flexibility index (Phi) is 2.87. The Hall–Kier alpha value is 0.470. The first-order valence-corrected chi connectivity index (χ1v) is 9.08. The van der Waals surface area contributed by atoms with Crippen molar-refractivity contribution >= 4 is 38.9 Å². The minimum Gasteiger partial charge on any atom is -0.132 e. The van der Waals surface area contributed by atoms with Gasteiger partial charge in [-0.05, 0) is 89.8 Å². The topological polar surface area (TPSA) is 0 Å². The summed E-state index contributed by atoms with van der Waals surface area (Å²) in [5, 5.41) is 0.252. The van der Waals surface area contributed by atoms with E-state index in [1.807, 2.05) is 11.3 Å². The zero-order valence-electron chi connectivity index (χ0n) is 10.4. The highest BCUT2D eigenvalue weighted by Gasteiger charge is 2.54. The van der Waals surface area contributed by atoms with Crippen LogP contribution in [0.25, 0.3) is 0 Å². The first kappa shape index (κ1) is 12.2. The molecule has 3 heteroatoms. The Bertz CT molecular complexity index is 432. The first-order chi connectivity index (χ1) is 8.64. The predicted octanol–water partition coefficient (Wildman–Crippen LogP) is 6.01. The normalized spacial score (nSPS) is 43.3. The van der Waals surface area contributed by atoms with Crippen LogP contribution in [-0.4, -0.2) is 0 Å². The molecule has 0 radical (unpaired) electrons. The molecule has 0 amide bonds. The molecule has 0 nitrogen and oxygen atoms in total. The van der Waals surface area contributed by atoms with Crippen LogP contribution in [0.2, 0.25) is 0 Å². The third kappa shape index (κ3) is 1.83. The zero-order chi connectivity index (χ0) is 12.3. The fourth-order valence-electron chi connectivity index (χ4n) is 5.25. The molecule has 5 rings (SSSR count). The summed E-state index contributed by atoms with van der Waals surface area (Å²) in [6.45, 7) is 0. The van der Waals surface area contributed by atoms with Crippen molar-refractivity contribution in [2.24, 2.45) is 23.2 Å². The van der Waals surface area contributed by atoms with Gasteiger partial charge in [-0.1, -0.05) is 0 Å². The van der Waals surface area contributed by atoms with Crippen molar-refractivity contribution in [2.45, 2.75) is 43.9 Å². The van der Waals surface area contributed by atoms with Crippen molar-refractivity contribution in [3.05, 3.63) is 20.8 Å². The van der Waals surface area contributed by atoms with E-state index in [0.717, 1.165) is 17.8 Å². The number of halogens is 2. The quantitative estimate of drug-likeness (QED) is 0.576. The highest BCUT2D eigenvalue weighted by Crippen LogP contribution is 2.65. The summed E-state index contributed by atoms with van der Waals surface area (Å²) < 4.78 is 1.22. The molecular weight excluding hydrogens is 328 g/mol. The average Bonchev–Trinajstić information content (AvgIpc) is 2.73. The summed E-state index contributed by atoms with van der Waals surface area (Å²) in [5.41, 5.74) is 0.431. The summed E-state index contributed by atoms with van der Waals surface area (Å²) in [6.07, 6.45) is 8.67. The van der Waals surface area contributed by atoms with E-state index >= 15 is 0 Å². The van der Waals surface area contributed by atoms with Crippen LogP contribution < -0.4 is 0 Å². The third-order valence-electron chi connectivity index (χ3n) is 5.47. The minimum atomic E-state index is 0.252. The van der Waals surface area contributed by atoms with E-state index in [9.17, 15) is 0 Å². The third-order valence-corrected chi connectivity index (χ3v) is 7.98. The van der Waals surface area contributed by atoms with Crippen LogP contribution in [0.1, 0.15) is 48.8 Å². The van der Waals surface area contributed by atoms with E-state index in [0.29, 0.717) is 5.41 Å². The van der Waals surface area contributed by atoms with Gasteiger partial charge in [-0.3, -0.25) is 0 Å². The fourth-order valence-corrected chi connectivity index (χ4v) is 7.27. The molecule has 4 bridgehead atoms. The fraction of sp³-hybridized carbons (Fsp3) is 0.733. The van der Waals surface area contributed by atoms with E-state index < -0.39 is 0 Å². The van der Waals surface area contributed by atoms with E-state index in [-0.39, 0.29) is 5.38 Å². The molecule has 4 aliphatic rings. The minimum absolute atomic E-state index is 0.252. The molecule has 0 aliphatic heterocycles. The Labute approximate surface area is 126 Å². The molecule has 1 heterocycles. The maximum Gasteiger partial charge on any atom is 0.0735 e. The van der Waals surface area contributed by atoms with Gasteiger partial charge in [-0.25, -0.2) is 0 Å². The lowest BCUT2D eigenvalue weighted by Gasteiger charge is -2.58. The molecule has 1 unspecified atom stereocenters. The Morgan fingerprint density at radius 1 is 1.11 bits per heavy atom. The van der Waals surface area contributed by atoms with Crippen LogP contribution in [0.4, 0.5) is 0 Å². The van der Waals surface area contributed by atoms with Gasteiger partial charge in [-0.15, -0.1) is 22.9 Å². The molecule has 0 spiro atoms. The molecule has 0 aromatic carbocycles. The molecule has 1 atom stereocenters. The lowest BCUT2D eigenvalue weighted by molar-refractivity contribution is -0.0547. The molecule has 1 aromatic heterocycles. The second-order valence-electron chi connectivity index (χ2n) is 6.78. The van der Waals surface area contributed by atoms with Crippen LogP contribution in [-0.2, 0) is 0 Å². The van der Waals surface area contributed by atoms with Gasteiger partial charge in [0.15, 0.2) is 0 Å². The highest BCUT2D eigenvalue weighted by molar-refractivity contribution is 9.11. The molecule has 1 aromatic rings. The average molecular weight is 346 g/mol. The second-order valence-corrected chi connectivity index (χ2v) is 9.72. The lowest BCUT2D eigenvalue weighted by atomic mass is 9.48. The molecule has 18 heavy (non-hydrogen) atoms. The largest absolute Gasteiger partial charge is 0.132 e. The predicted molar refractivity (Wildman–Crippen MR) is 81.2 cm³/mol. The van der Waals surface area contributed by atoms with Gasteiger partial charge in [0.05, 0.1) is 9.16 Å². The summed E-state index contributed by atoms with van der Waals surface area (Å²) in [4.78, 5) is 1.38. The summed E-state index contributed by atoms with van der Waals surface area (Å²) in [7, 11) is 0. The number of hydrogen-bond acceptors (Lipinski definition) is 1. The molecule has 4 saturated carbocycles. The molecular formula is C15H18BrClS. The molecule has 0 N–H and O–H groups in total. The van der Waals surface area contributed by atoms with Crippen molar-refractivity contribution in [3.63, 3.8) is 0 Å². The van der Waals surface area contributed by atoms with Gasteiger partial charge in [-0.2, -0.15) is 0 Å². The zero-order valence-corrected chi connectivity index (χ0v) is 13.5. The molecule has 0 saturated heterocycles. The van der Waals surface area contributed by atoms with Crippen LogP contribution in [0.5, 0.6) is 0 Å². The van der Waals surface area contributed by atoms with Gasteiger partial charge in [0.25, 0.3) is 0 Å². The van der Waals surface area contributed by atoms with Crippen molar-refractivity contribution in [1.29, 1.82) is 0 Å². The van der Waals surface area contributed by atoms with Gasteiger partial charge < -0.3 is 0 Å². The summed E-state index contributed by atoms with van der Waals surface area (Å²) >= 11 is 12.3. The monoisotopic (exact) mass is 344 g/mol. The lowest BCUT2D eigenvalue weighted by Crippen LogP contribution is -2.47. The Balaban J connectivity index is 1.67. The maximum atomic E-state index is 6.93. The first-order valence-electron chi connectivity index (χ1n) is 7.04. The molecule has 4 fully saturated rings. The highest BCUT2D eigenvalue weighted by atomic mass is 79.9. The molecule has 4 aliphatic carbocycles. The standard InChI is InChI=1S/C15H18BrClS/c16-13-2-1-12(18-13)14(17)15-6-9-3-10(7-15)5-11(4-9)8-15/h1-2,9-11,14H,3-8H2. The number of thiophene rings is 1. The van der Waals surface area contributed by atoms with Crippen molar-refractivity contribution in [3.8, 4) is 0 Å². The van der Waals surface area contributed by atoms with E-state index in [2.05, 4.69) is 28.1 Å². The number of rotatable bonds is 2. The van der Waals surface area contributed by atoms with E-state index in [4.69, 9.17) is 11.6 Å². The van der Waals surface area contributed by atoms with Crippen molar-refractivity contribution in [2.75, 3.05) is 0 Å².